The monoisotopic (exact) mass is 434 g/mol. The molecule has 1 aliphatic heterocycles. The van der Waals surface area contributed by atoms with Crippen LogP contribution in [0.5, 0.6) is 0 Å². The first-order valence-electron chi connectivity index (χ1n) is 10.6. The van der Waals surface area contributed by atoms with Crippen LogP contribution in [-0.4, -0.2) is 63.1 Å². The molecule has 9 nitrogen and oxygen atoms in total. The lowest BCUT2D eigenvalue weighted by Crippen LogP contribution is -2.34. The fraction of sp³-hybridized carbons (Fsp3) is 0.304. The number of imide groups is 1. The summed E-state index contributed by atoms with van der Waals surface area (Å²) in [5.74, 6) is -0.898. The summed E-state index contributed by atoms with van der Waals surface area (Å²) in [5.41, 5.74) is 5.09. The van der Waals surface area contributed by atoms with Gasteiger partial charge in [-0.25, -0.2) is 0 Å². The molecule has 0 atom stereocenters. The topological polar surface area (TPSA) is 104 Å². The predicted octanol–water partition coefficient (Wildman–Crippen LogP) is 2.23. The van der Waals surface area contributed by atoms with E-state index in [9.17, 15) is 9.59 Å². The van der Waals surface area contributed by atoms with Crippen molar-refractivity contribution in [3.8, 4) is 5.69 Å². The minimum absolute atomic E-state index is 0.0290. The Morgan fingerprint density at radius 2 is 1.69 bits per heavy atom. The third-order valence-electron chi connectivity index (χ3n) is 5.54. The van der Waals surface area contributed by atoms with Gasteiger partial charge in [0.1, 0.15) is 16.7 Å². The van der Waals surface area contributed by atoms with E-state index in [-0.39, 0.29) is 18.8 Å². The van der Waals surface area contributed by atoms with Gasteiger partial charge in [-0.05, 0) is 62.7 Å². The number of fused-ring (bicyclic) bond motifs is 1. The number of hydrogen-bond donors (Lipinski definition) is 2. The Labute approximate surface area is 185 Å². The van der Waals surface area contributed by atoms with Crippen molar-refractivity contribution >= 4 is 34.2 Å². The summed E-state index contributed by atoms with van der Waals surface area (Å²) in [5, 5.41) is 21.3. The second-order valence-corrected chi connectivity index (χ2v) is 7.54. The van der Waals surface area contributed by atoms with Crippen molar-refractivity contribution in [3.63, 3.8) is 0 Å². The minimum atomic E-state index is -0.458. The highest BCUT2D eigenvalue weighted by atomic mass is 16.3. The molecule has 2 aromatic carbocycles. The molecule has 0 spiro atoms. The van der Waals surface area contributed by atoms with Crippen LogP contribution in [0.15, 0.2) is 48.2 Å². The third-order valence-corrected chi connectivity index (χ3v) is 5.54. The molecule has 0 unspecified atom stereocenters. The number of hydrogen-bond acceptors (Lipinski definition) is 7. The van der Waals surface area contributed by atoms with E-state index >= 15 is 0 Å². The van der Waals surface area contributed by atoms with Gasteiger partial charge in [0.2, 0.25) is 0 Å². The van der Waals surface area contributed by atoms with Gasteiger partial charge in [0.05, 0.1) is 18.8 Å². The predicted molar refractivity (Wildman–Crippen MR) is 123 cm³/mol. The minimum Gasteiger partial charge on any atom is -0.395 e. The number of nitrogens with zero attached hydrogens (tertiary/aromatic N) is 5. The highest BCUT2D eigenvalue weighted by molar-refractivity contribution is 6.17. The van der Waals surface area contributed by atoms with Crippen molar-refractivity contribution in [2.75, 3.05) is 36.5 Å². The molecular weight excluding hydrogens is 408 g/mol. The van der Waals surface area contributed by atoms with E-state index in [1.807, 2.05) is 31.2 Å². The molecule has 0 saturated carbocycles. The molecule has 2 heterocycles. The molecule has 0 radical (unpaired) electrons. The first-order chi connectivity index (χ1) is 15.4. The summed E-state index contributed by atoms with van der Waals surface area (Å²) in [6.07, 6.45) is 1.25. The van der Waals surface area contributed by atoms with Gasteiger partial charge in [-0.2, -0.15) is 4.80 Å². The Morgan fingerprint density at radius 3 is 2.31 bits per heavy atom. The Bertz CT molecular complexity index is 1190. The molecule has 9 heteroatoms. The zero-order chi connectivity index (χ0) is 22.8. The number of carbonyl (C=O) groups excluding carboxylic acids is 2. The van der Waals surface area contributed by atoms with Gasteiger partial charge in [-0.1, -0.05) is 0 Å². The van der Waals surface area contributed by atoms with Crippen LogP contribution in [0, 0.1) is 6.92 Å². The number of aliphatic hydroxyl groups excluding tert-OH is 1. The fourth-order valence-electron chi connectivity index (χ4n) is 3.76. The molecule has 32 heavy (non-hydrogen) atoms. The maximum absolute atomic E-state index is 12.4. The van der Waals surface area contributed by atoms with Crippen LogP contribution < -0.4 is 10.2 Å². The number of aromatic nitrogens is 3. The van der Waals surface area contributed by atoms with Gasteiger partial charge in [0, 0.05) is 30.5 Å². The molecule has 0 fully saturated rings. The van der Waals surface area contributed by atoms with E-state index in [1.165, 1.54) is 6.08 Å². The number of carbonyl (C=O) groups is 2. The molecule has 4 rings (SSSR count). The molecule has 0 aliphatic carbocycles. The number of anilines is 2. The maximum atomic E-state index is 12.4. The van der Waals surface area contributed by atoms with E-state index in [1.54, 1.807) is 4.80 Å². The maximum Gasteiger partial charge on any atom is 0.277 e. The molecule has 0 bridgehead atoms. The number of nitrogens with one attached hydrogen (secondary N) is 1. The Kier molecular flexibility index (Phi) is 5.91. The summed E-state index contributed by atoms with van der Waals surface area (Å²) < 4.78 is 0. The lowest BCUT2D eigenvalue weighted by molar-refractivity contribution is -0.137. The number of aliphatic hydroxyl groups is 1. The Morgan fingerprint density at radius 1 is 1.03 bits per heavy atom. The quantitative estimate of drug-likeness (QED) is 0.524. The van der Waals surface area contributed by atoms with Crippen molar-refractivity contribution < 1.29 is 14.7 Å². The third kappa shape index (κ3) is 3.94. The first kappa shape index (κ1) is 21.5. The van der Waals surface area contributed by atoms with Crippen LogP contribution in [0.25, 0.3) is 16.7 Å². The van der Waals surface area contributed by atoms with E-state index in [2.05, 4.69) is 46.4 Å². The summed E-state index contributed by atoms with van der Waals surface area (Å²) in [6, 6.07) is 11.8. The van der Waals surface area contributed by atoms with E-state index in [4.69, 9.17) is 5.11 Å². The molecule has 2 amide bonds. The van der Waals surface area contributed by atoms with E-state index in [0.717, 1.165) is 40.4 Å². The highest BCUT2D eigenvalue weighted by Gasteiger charge is 2.30. The zero-order valence-corrected chi connectivity index (χ0v) is 18.4. The molecule has 0 saturated heterocycles. The summed E-state index contributed by atoms with van der Waals surface area (Å²) >= 11 is 0. The second-order valence-electron chi connectivity index (χ2n) is 7.54. The standard InChI is InChI=1S/C23H26N6O3/c1-4-27(5-2)16-6-8-17(9-7-16)29-25-19-12-15(3)18(13-20(19)26-29)24-21-14-22(31)28(10-11-30)23(21)32/h6-9,12-14,24,30H,4-5,10-11H2,1-3H3. The molecule has 166 valence electrons. The smallest absolute Gasteiger partial charge is 0.277 e. The number of rotatable bonds is 8. The average Bonchev–Trinajstić information content (AvgIpc) is 3.31. The van der Waals surface area contributed by atoms with Crippen LogP contribution >= 0.6 is 0 Å². The summed E-state index contributed by atoms with van der Waals surface area (Å²) in [6.45, 7) is 7.73. The summed E-state index contributed by atoms with van der Waals surface area (Å²) in [7, 11) is 0. The number of β-amino-alcohol motifs (C(OH)–C–C–N with tert-alkyl or cyclic N) is 1. The van der Waals surface area contributed by atoms with Crippen LogP contribution in [0.4, 0.5) is 11.4 Å². The van der Waals surface area contributed by atoms with Crippen LogP contribution in [0.3, 0.4) is 0 Å². The van der Waals surface area contributed by atoms with Crippen molar-refractivity contribution in [1.29, 1.82) is 0 Å². The largest absolute Gasteiger partial charge is 0.395 e. The lowest BCUT2D eigenvalue weighted by atomic mass is 10.1. The number of amides is 2. The molecule has 1 aliphatic rings. The Balaban J connectivity index is 1.59. The van der Waals surface area contributed by atoms with Gasteiger partial charge < -0.3 is 15.3 Å². The number of benzene rings is 2. The first-order valence-corrected chi connectivity index (χ1v) is 10.6. The molecule has 2 N–H and O–H groups in total. The van der Waals surface area contributed by atoms with Crippen molar-refractivity contribution in [2.45, 2.75) is 20.8 Å². The lowest BCUT2D eigenvalue weighted by Gasteiger charge is -2.20. The van der Waals surface area contributed by atoms with E-state index < -0.39 is 11.8 Å². The fourth-order valence-corrected chi connectivity index (χ4v) is 3.76. The van der Waals surface area contributed by atoms with Gasteiger partial charge in [-0.3, -0.25) is 14.5 Å². The van der Waals surface area contributed by atoms with Crippen molar-refractivity contribution in [1.82, 2.24) is 19.9 Å². The van der Waals surface area contributed by atoms with Gasteiger partial charge >= 0.3 is 0 Å². The van der Waals surface area contributed by atoms with Crippen molar-refractivity contribution in [2.24, 2.45) is 0 Å². The van der Waals surface area contributed by atoms with Crippen LogP contribution in [-0.2, 0) is 9.59 Å². The highest BCUT2D eigenvalue weighted by Crippen LogP contribution is 2.25. The van der Waals surface area contributed by atoms with Crippen molar-refractivity contribution in [3.05, 3.63) is 53.7 Å². The number of aryl methyl sites for hydroxylation is 1. The molecule has 3 aromatic rings. The molecular formula is C23H26N6O3. The van der Waals surface area contributed by atoms with Gasteiger partial charge in [0.25, 0.3) is 11.8 Å². The van der Waals surface area contributed by atoms with Gasteiger partial charge in [-0.15, -0.1) is 10.2 Å². The summed E-state index contributed by atoms with van der Waals surface area (Å²) in [4.78, 5) is 29.3. The SMILES string of the molecule is CCN(CC)c1ccc(-n2nc3cc(C)c(NC4=CC(=O)N(CCO)C4=O)cc3n2)cc1. The van der Waals surface area contributed by atoms with Gasteiger partial charge in [0.15, 0.2) is 0 Å². The van der Waals surface area contributed by atoms with Crippen LogP contribution in [0.2, 0.25) is 0 Å². The van der Waals surface area contributed by atoms with E-state index in [0.29, 0.717) is 11.2 Å². The average molecular weight is 435 g/mol. The molecule has 1 aromatic heterocycles. The second kappa shape index (κ2) is 8.80. The Hall–Kier alpha value is -3.72. The van der Waals surface area contributed by atoms with Crippen LogP contribution in [0.1, 0.15) is 19.4 Å². The normalized spacial score (nSPS) is 13.8. The zero-order valence-electron chi connectivity index (χ0n) is 18.4.